The van der Waals surface area contributed by atoms with Gasteiger partial charge in [-0.15, -0.1) is 4.99 Å². The van der Waals surface area contributed by atoms with Gasteiger partial charge < -0.3 is 86.5 Å². The normalized spacial score (nSPS) is 13.2. The Labute approximate surface area is 360 Å². The number of aromatic nitrogens is 2. The van der Waals surface area contributed by atoms with E-state index in [0.717, 1.165) is 4.90 Å². The Kier molecular flexibility index (Phi) is 18.2. The van der Waals surface area contributed by atoms with Crippen molar-refractivity contribution in [3.8, 4) is 0 Å². The van der Waals surface area contributed by atoms with Crippen molar-refractivity contribution in [1.82, 2.24) is 57.8 Å². The van der Waals surface area contributed by atoms with Crippen molar-refractivity contribution in [2.24, 2.45) is 28.7 Å². The Morgan fingerprint density at radius 3 is 1.45 bits per heavy atom. The number of aliphatic hydroxyl groups excluding tert-OH is 1. The summed E-state index contributed by atoms with van der Waals surface area (Å²) >= 11 is 0. The second-order valence-corrected chi connectivity index (χ2v) is 12.7. The van der Waals surface area contributed by atoms with Crippen LogP contribution in [-0.4, -0.2) is 111 Å². The molecule has 0 aliphatic rings. The standard InChI is InChI=1S/C33H46N22O9/c34-18(56)19(50-29(35)36)46-24(58)21(52-31(39)40)48-26(60)22(53-32(41)42)49-25(59)20(51-30(37)38)47-23(57)17(15-5-2-1-3-6-15)45-27(61)28(62)55(33-43-11-4-12-44-33)13-14-7-9-16(10-8-14)54-64-63/h1-12,17,19-22,28,54,62-63H,13H2,(H2,34,56)(H,45,61)(H,46,58)(H,47,57)(H,48,60)(H,49,59)(H4,35,36,50)(H4,37,38,51)(H4,39,40,52)(H4,41,42,53). The second-order valence-electron chi connectivity index (χ2n) is 12.7. The molecule has 342 valence electrons. The summed E-state index contributed by atoms with van der Waals surface area (Å²) in [5, 5.41) is 69.5. The molecule has 2 aromatic carbocycles. The molecule has 1 aromatic heterocycles. The summed E-state index contributed by atoms with van der Waals surface area (Å²) in [4.78, 5) is 93.1. The number of carbonyl (C=O) groups is 6. The highest BCUT2D eigenvalue weighted by atomic mass is 17.2. The highest BCUT2D eigenvalue weighted by molar-refractivity contribution is 5.99. The van der Waals surface area contributed by atoms with Crippen LogP contribution in [0.2, 0.25) is 0 Å². The van der Waals surface area contributed by atoms with Crippen molar-refractivity contribution in [2.45, 2.75) is 43.5 Å². The van der Waals surface area contributed by atoms with Crippen molar-refractivity contribution < 1.29 is 44.1 Å². The van der Waals surface area contributed by atoms with Crippen molar-refractivity contribution in [3.63, 3.8) is 0 Å². The van der Waals surface area contributed by atoms with Gasteiger partial charge in [0.2, 0.25) is 18.1 Å². The molecule has 0 spiro atoms. The van der Waals surface area contributed by atoms with E-state index >= 15 is 0 Å². The van der Waals surface area contributed by atoms with Crippen LogP contribution < -0.4 is 86.9 Å². The van der Waals surface area contributed by atoms with Gasteiger partial charge in [0.25, 0.3) is 29.5 Å². The van der Waals surface area contributed by atoms with Gasteiger partial charge in [0.15, 0.2) is 48.5 Å². The fourth-order valence-electron chi connectivity index (χ4n) is 5.14. The van der Waals surface area contributed by atoms with Crippen LogP contribution in [0.4, 0.5) is 11.6 Å². The number of amides is 6. The number of nitrogens with one attached hydrogen (secondary N) is 14. The molecule has 31 nitrogen and oxygen atoms in total. The lowest BCUT2D eigenvalue weighted by molar-refractivity contribution is -0.215. The molecule has 0 saturated heterocycles. The summed E-state index contributed by atoms with van der Waals surface area (Å²) in [6.45, 7) is -0.171. The van der Waals surface area contributed by atoms with Crippen LogP contribution in [0.1, 0.15) is 17.2 Å². The summed E-state index contributed by atoms with van der Waals surface area (Å²) in [7, 11) is 0. The zero-order valence-corrected chi connectivity index (χ0v) is 33.1. The molecule has 0 saturated carbocycles. The van der Waals surface area contributed by atoms with E-state index in [4.69, 9.17) is 55.6 Å². The molecule has 6 unspecified atom stereocenters. The molecular formula is C33H46N22O9. The molecule has 26 N–H and O–H groups in total. The van der Waals surface area contributed by atoms with Crippen molar-refractivity contribution in [3.05, 3.63) is 84.2 Å². The van der Waals surface area contributed by atoms with Gasteiger partial charge in [0, 0.05) is 18.9 Å². The van der Waals surface area contributed by atoms with Crippen LogP contribution in [-0.2, 0) is 40.3 Å². The zero-order valence-electron chi connectivity index (χ0n) is 33.1. The van der Waals surface area contributed by atoms with Gasteiger partial charge in [0.1, 0.15) is 6.04 Å². The maximum atomic E-state index is 14.0. The van der Waals surface area contributed by atoms with E-state index in [1.165, 1.54) is 54.9 Å². The first-order valence-electron chi connectivity index (χ1n) is 17.9. The fraction of sp³-hybridized carbons (Fsp3) is 0.212. The van der Waals surface area contributed by atoms with Crippen molar-refractivity contribution in [2.75, 3.05) is 10.4 Å². The molecule has 0 bridgehead atoms. The SMILES string of the molecule is N=C(N)NC(NC(=O)C(NC(=N)N)NC(=O)C(NC(=N)N)NC(=O)C(NC(=N)N)NC(=O)C(NC(=O)C(O)N(Cc1ccc(NOO)cc1)c1ncccn1)c1ccccc1)C(N)=O. The van der Waals surface area contributed by atoms with Crippen LogP contribution in [0.25, 0.3) is 0 Å². The summed E-state index contributed by atoms with van der Waals surface area (Å²) in [5.74, 6) is -11.2. The Hall–Kier alpha value is -9.10. The van der Waals surface area contributed by atoms with Gasteiger partial charge in [0.05, 0.1) is 5.69 Å². The first kappa shape index (κ1) is 49.3. The molecule has 0 radical (unpaired) electrons. The molecule has 31 heteroatoms. The molecule has 6 atom stereocenters. The molecule has 64 heavy (non-hydrogen) atoms. The molecule has 3 aromatic rings. The number of carbonyl (C=O) groups excluding carboxylic acids is 6. The maximum Gasteiger partial charge on any atom is 0.271 e. The van der Waals surface area contributed by atoms with E-state index in [1.807, 2.05) is 16.0 Å². The van der Waals surface area contributed by atoms with Crippen molar-refractivity contribution >= 4 is 70.9 Å². The fourth-order valence-corrected chi connectivity index (χ4v) is 5.14. The van der Waals surface area contributed by atoms with Crippen LogP contribution >= 0.6 is 0 Å². The minimum Gasteiger partial charge on any atom is -0.370 e. The number of guanidine groups is 4. The van der Waals surface area contributed by atoms with E-state index in [2.05, 4.69) is 52.3 Å². The van der Waals surface area contributed by atoms with Crippen molar-refractivity contribution in [1.29, 1.82) is 21.6 Å². The van der Waals surface area contributed by atoms with Crippen LogP contribution in [0.3, 0.4) is 0 Å². The lowest BCUT2D eigenvalue weighted by Gasteiger charge is -2.30. The lowest BCUT2D eigenvalue weighted by Crippen LogP contribution is -2.68. The summed E-state index contributed by atoms with van der Waals surface area (Å²) in [6, 6.07) is 13.5. The molecule has 0 aliphatic carbocycles. The number of hydrogen-bond donors (Lipinski definition) is 21. The molecule has 6 amide bonds. The third kappa shape index (κ3) is 15.5. The maximum absolute atomic E-state index is 14.0. The highest BCUT2D eigenvalue weighted by Gasteiger charge is 2.35. The van der Waals surface area contributed by atoms with E-state index in [9.17, 15) is 33.9 Å². The monoisotopic (exact) mass is 894 g/mol. The van der Waals surface area contributed by atoms with E-state index in [0.29, 0.717) is 11.3 Å². The summed E-state index contributed by atoms with van der Waals surface area (Å²) in [6.07, 6.45) is -7.31. The van der Waals surface area contributed by atoms with Crippen LogP contribution in [0, 0.1) is 21.6 Å². The Bertz CT molecular complexity index is 2170. The van der Waals surface area contributed by atoms with Gasteiger partial charge in [-0.1, -0.05) is 42.5 Å². The van der Waals surface area contributed by atoms with Crippen LogP contribution in [0.15, 0.2) is 73.1 Å². The average molecular weight is 895 g/mol. The predicted molar refractivity (Wildman–Crippen MR) is 222 cm³/mol. The highest BCUT2D eigenvalue weighted by Crippen LogP contribution is 2.19. The molecule has 1 heterocycles. The number of rotatable bonds is 22. The average Bonchev–Trinajstić information content (AvgIpc) is 3.23. The van der Waals surface area contributed by atoms with E-state index < -0.39 is 96.2 Å². The number of nitrogens with zero attached hydrogens (tertiary/aromatic N) is 3. The number of anilines is 2. The minimum atomic E-state index is -2.09. The third-order valence-electron chi connectivity index (χ3n) is 7.91. The molecule has 3 rings (SSSR count). The third-order valence-corrected chi connectivity index (χ3v) is 7.91. The smallest absolute Gasteiger partial charge is 0.271 e. The van der Waals surface area contributed by atoms with Gasteiger partial charge in [-0.25, -0.2) is 20.7 Å². The van der Waals surface area contributed by atoms with Crippen LogP contribution in [0.5, 0.6) is 0 Å². The molecular weight excluding hydrogens is 849 g/mol. The second kappa shape index (κ2) is 23.6. The predicted octanol–water partition coefficient (Wildman–Crippen LogP) is -7.34. The van der Waals surface area contributed by atoms with E-state index in [1.54, 1.807) is 18.2 Å². The zero-order chi connectivity index (χ0) is 47.5. The van der Waals surface area contributed by atoms with E-state index in [-0.39, 0.29) is 18.1 Å². The Morgan fingerprint density at radius 2 is 1.02 bits per heavy atom. The number of aliphatic hydroxyl groups is 1. The summed E-state index contributed by atoms with van der Waals surface area (Å²) in [5.41, 5.74) is 29.9. The number of nitrogens with two attached hydrogens (primary N) is 5. The lowest BCUT2D eigenvalue weighted by atomic mass is 10.1. The molecule has 0 aliphatic heterocycles. The number of hydrogen-bond acceptors (Lipinski definition) is 17. The van der Waals surface area contributed by atoms with Gasteiger partial charge in [-0.3, -0.25) is 50.4 Å². The summed E-state index contributed by atoms with van der Waals surface area (Å²) < 4.78 is 0. The number of benzene rings is 2. The Balaban J connectivity index is 1.89. The van der Waals surface area contributed by atoms with Gasteiger partial charge in [-0.05, 0) is 29.3 Å². The Morgan fingerprint density at radius 1 is 0.578 bits per heavy atom. The minimum absolute atomic E-state index is 0.101. The molecule has 0 fully saturated rings. The number of primary amides is 1. The first-order chi connectivity index (χ1) is 30.3. The van der Waals surface area contributed by atoms with Gasteiger partial charge >= 0.3 is 0 Å². The van der Waals surface area contributed by atoms with Gasteiger partial charge in [-0.2, -0.15) is 0 Å². The largest absolute Gasteiger partial charge is 0.370 e. The first-order valence-corrected chi connectivity index (χ1v) is 17.9. The quantitative estimate of drug-likeness (QED) is 0.0146. The topological polar surface area (TPSA) is 527 Å².